The maximum absolute atomic E-state index is 12.4. The number of imidazole rings is 1. The molecule has 0 saturated carbocycles. The first-order chi connectivity index (χ1) is 12.7. The SMILES string of the molecule is CCCCCCCC(=O)Nc1nc2[nH]cc(Cn3ccnc3)c2c(=O)[nH]1. The highest BCUT2D eigenvalue weighted by atomic mass is 16.2. The lowest BCUT2D eigenvalue weighted by molar-refractivity contribution is -0.116. The predicted octanol–water partition coefficient (Wildman–Crippen LogP) is 2.80. The summed E-state index contributed by atoms with van der Waals surface area (Å²) in [7, 11) is 0. The van der Waals surface area contributed by atoms with Gasteiger partial charge in [-0.2, -0.15) is 4.98 Å². The number of aromatic nitrogens is 5. The van der Waals surface area contributed by atoms with Gasteiger partial charge in [-0.1, -0.05) is 32.6 Å². The molecule has 0 bridgehead atoms. The minimum Gasteiger partial charge on any atom is -0.346 e. The first kappa shape index (κ1) is 17.9. The van der Waals surface area contributed by atoms with Crippen LogP contribution in [0.1, 0.15) is 51.0 Å². The van der Waals surface area contributed by atoms with E-state index in [0.29, 0.717) is 24.0 Å². The minimum atomic E-state index is -0.274. The molecule has 138 valence electrons. The van der Waals surface area contributed by atoms with E-state index >= 15 is 0 Å². The summed E-state index contributed by atoms with van der Waals surface area (Å²) >= 11 is 0. The molecule has 3 aromatic rings. The van der Waals surface area contributed by atoms with Crippen molar-refractivity contribution in [1.29, 1.82) is 0 Å². The van der Waals surface area contributed by atoms with E-state index in [9.17, 15) is 9.59 Å². The summed E-state index contributed by atoms with van der Waals surface area (Å²) in [6, 6.07) is 0. The molecule has 8 nitrogen and oxygen atoms in total. The van der Waals surface area contributed by atoms with Crippen LogP contribution in [0, 0.1) is 0 Å². The largest absolute Gasteiger partial charge is 0.346 e. The fraction of sp³-hybridized carbons (Fsp3) is 0.444. The Bertz CT molecular complexity index is 910. The van der Waals surface area contributed by atoms with Gasteiger partial charge in [-0.3, -0.25) is 19.9 Å². The van der Waals surface area contributed by atoms with Crippen LogP contribution in [-0.2, 0) is 11.3 Å². The van der Waals surface area contributed by atoms with Crippen molar-refractivity contribution in [3.8, 4) is 0 Å². The first-order valence-corrected chi connectivity index (χ1v) is 9.03. The number of aromatic amines is 2. The Hall–Kier alpha value is -2.90. The number of nitrogens with one attached hydrogen (secondary N) is 3. The molecule has 3 N–H and O–H groups in total. The van der Waals surface area contributed by atoms with Crippen molar-refractivity contribution >= 4 is 22.9 Å². The number of anilines is 1. The molecule has 0 fully saturated rings. The van der Waals surface area contributed by atoms with Gasteiger partial charge in [0.25, 0.3) is 5.56 Å². The lowest BCUT2D eigenvalue weighted by Gasteiger charge is -2.05. The Kier molecular flexibility index (Phi) is 5.83. The van der Waals surface area contributed by atoms with Crippen LogP contribution in [0.2, 0.25) is 0 Å². The van der Waals surface area contributed by atoms with Crippen molar-refractivity contribution in [3.05, 3.63) is 40.8 Å². The number of carbonyl (C=O) groups is 1. The number of H-pyrrole nitrogens is 2. The van der Waals surface area contributed by atoms with Gasteiger partial charge in [-0.05, 0) is 6.42 Å². The zero-order chi connectivity index (χ0) is 18.4. The zero-order valence-corrected chi connectivity index (χ0v) is 14.9. The second-order valence-electron chi connectivity index (χ2n) is 6.40. The molecule has 0 aliphatic carbocycles. The quantitative estimate of drug-likeness (QED) is 0.512. The molecule has 0 radical (unpaired) electrons. The van der Waals surface area contributed by atoms with Crippen LogP contribution in [0.4, 0.5) is 5.95 Å². The van der Waals surface area contributed by atoms with E-state index in [1.807, 2.05) is 10.8 Å². The number of amides is 1. The van der Waals surface area contributed by atoms with Gasteiger partial charge in [0.15, 0.2) is 0 Å². The average Bonchev–Trinajstić information content (AvgIpc) is 3.25. The first-order valence-electron chi connectivity index (χ1n) is 9.03. The van der Waals surface area contributed by atoms with Crippen molar-refractivity contribution < 1.29 is 4.79 Å². The number of unbranched alkanes of at least 4 members (excludes halogenated alkanes) is 4. The molecular weight excluding hydrogens is 332 g/mol. The van der Waals surface area contributed by atoms with Crippen molar-refractivity contribution in [1.82, 2.24) is 24.5 Å². The number of rotatable bonds is 9. The molecule has 3 rings (SSSR count). The highest BCUT2D eigenvalue weighted by molar-refractivity contribution is 5.90. The van der Waals surface area contributed by atoms with E-state index in [0.717, 1.165) is 24.8 Å². The summed E-state index contributed by atoms with van der Waals surface area (Å²) < 4.78 is 1.87. The molecule has 8 heteroatoms. The molecular formula is C18H24N6O2. The Balaban J connectivity index is 1.65. The van der Waals surface area contributed by atoms with E-state index in [1.165, 1.54) is 12.8 Å². The summed E-state index contributed by atoms with van der Waals surface area (Å²) in [5.41, 5.74) is 1.01. The number of hydrogen-bond donors (Lipinski definition) is 3. The standard InChI is InChI=1S/C18H24N6O2/c1-2-3-4-5-6-7-14(25)21-18-22-16-15(17(26)23-18)13(10-20-16)11-24-9-8-19-12-24/h8-10,12H,2-7,11H2,1H3,(H3,20,21,22,23,25,26). The summed E-state index contributed by atoms with van der Waals surface area (Å²) in [5, 5.41) is 3.18. The van der Waals surface area contributed by atoms with Crippen molar-refractivity contribution in [2.45, 2.75) is 52.0 Å². The van der Waals surface area contributed by atoms with Gasteiger partial charge >= 0.3 is 0 Å². The van der Waals surface area contributed by atoms with E-state index in [2.05, 4.69) is 32.2 Å². The number of carbonyl (C=O) groups excluding carboxylic acids is 1. The van der Waals surface area contributed by atoms with Crippen molar-refractivity contribution in [2.75, 3.05) is 5.32 Å². The summed E-state index contributed by atoms with van der Waals surface area (Å²) in [5.74, 6) is 0.0475. The van der Waals surface area contributed by atoms with Crippen LogP contribution in [0.3, 0.4) is 0 Å². The van der Waals surface area contributed by atoms with Gasteiger partial charge < -0.3 is 9.55 Å². The Morgan fingerprint density at radius 3 is 2.88 bits per heavy atom. The maximum Gasteiger partial charge on any atom is 0.262 e. The van der Waals surface area contributed by atoms with Gasteiger partial charge in [0.1, 0.15) is 5.65 Å². The van der Waals surface area contributed by atoms with Crippen LogP contribution >= 0.6 is 0 Å². The fourth-order valence-corrected chi connectivity index (χ4v) is 2.95. The Morgan fingerprint density at radius 2 is 2.12 bits per heavy atom. The van der Waals surface area contributed by atoms with Crippen LogP contribution < -0.4 is 10.9 Å². The number of fused-ring (bicyclic) bond motifs is 1. The highest BCUT2D eigenvalue weighted by Gasteiger charge is 2.12. The van der Waals surface area contributed by atoms with Crippen LogP contribution in [0.15, 0.2) is 29.7 Å². The third kappa shape index (κ3) is 4.38. The molecule has 0 saturated heterocycles. The van der Waals surface area contributed by atoms with Crippen LogP contribution in [0.5, 0.6) is 0 Å². The molecule has 26 heavy (non-hydrogen) atoms. The molecule has 0 aliphatic rings. The zero-order valence-electron chi connectivity index (χ0n) is 14.9. The second-order valence-corrected chi connectivity index (χ2v) is 6.40. The van der Waals surface area contributed by atoms with Crippen LogP contribution in [0.25, 0.3) is 11.0 Å². The van der Waals surface area contributed by atoms with Gasteiger partial charge in [0.05, 0.1) is 18.3 Å². The lowest BCUT2D eigenvalue weighted by Crippen LogP contribution is -2.18. The Morgan fingerprint density at radius 1 is 1.27 bits per heavy atom. The lowest BCUT2D eigenvalue weighted by atomic mass is 10.1. The number of hydrogen-bond acceptors (Lipinski definition) is 4. The van der Waals surface area contributed by atoms with E-state index < -0.39 is 0 Å². The summed E-state index contributed by atoms with van der Waals surface area (Å²) in [6.07, 6.45) is 12.8. The van der Waals surface area contributed by atoms with E-state index in [-0.39, 0.29) is 17.4 Å². The molecule has 0 atom stereocenters. The van der Waals surface area contributed by atoms with Gasteiger partial charge in [-0.25, -0.2) is 4.98 Å². The molecule has 0 spiro atoms. The van der Waals surface area contributed by atoms with Crippen LogP contribution in [-0.4, -0.2) is 30.4 Å². The second kappa shape index (κ2) is 8.46. The Labute approximate surface area is 151 Å². The van der Waals surface area contributed by atoms with E-state index in [4.69, 9.17) is 0 Å². The number of nitrogens with zero attached hydrogens (tertiary/aromatic N) is 3. The normalized spacial score (nSPS) is 11.1. The average molecular weight is 356 g/mol. The summed E-state index contributed by atoms with van der Waals surface area (Å²) in [4.78, 5) is 38.4. The maximum atomic E-state index is 12.4. The molecule has 0 unspecified atom stereocenters. The van der Waals surface area contributed by atoms with Crippen molar-refractivity contribution in [3.63, 3.8) is 0 Å². The molecule has 1 amide bonds. The molecule has 0 aliphatic heterocycles. The fourth-order valence-electron chi connectivity index (χ4n) is 2.95. The molecule has 3 aromatic heterocycles. The highest BCUT2D eigenvalue weighted by Crippen LogP contribution is 2.15. The van der Waals surface area contributed by atoms with Gasteiger partial charge in [-0.15, -0.1) is 0 Å². The van der Waals surface area contributed by atoms with E-state index in [1.54, 1.807) is 18.7 Å². The van der Waals surface area contributed by atoms with Gasteiger partial charge in [0.2, 0.25) is 11.9 Å². The molecule has 3 heterocycles. The smallest absolute Gasteiger partial charge is 0.262 e. The summed E-state index contributed by atoms with van der Waals surface area (Å²) in [6.45, 7) is 2.68. The predicted molar refractivity (Wildman–Crippen MR) is 100 cm³/mol. The molecule has 0 aromatic carbocycles. The third-order valence-corrected chi connectivity index (χ3v) is 4.30. The topological polar surface area (TPSA) is 108 Å². The van der Waals surface area contributed by atoms with Crippen molar-refractivity contribution in [2.24, 2.45) is 0 Å². The third-order valence-electron chi connectivity index (χ3n) is 4.30. The minimum absolute atomic E-state index is 0.130. The monoisotopic (exact) mass is 356 g/mol. The van der Waals surface area contributed by atoms with Gasteiger partial charge in [0, 0.05) is 30.6 Å².